The molecule has 0 aromatic heterocycles. The molecule has 236 valence electrons. The Morgan fingerprint density at radius 2 is 1.27 bits per heavy atom. The van der Waals surface area contributed by atoms with Crippen molar-refractivity contribution in [2.45, 2.75) is 32.1 Å². The van der Waals surface area contributed by atoms with Gasteiger partial charge in [-0.3, -0.25) is 0 Å². The second-order valence-corrected chi connectivity index (χ2v) is 9.48. The Morgan fingerprint density at radius 1 is 0.644 bits per heavy atom. The highest BCUT2D eigenvalue weighted by Crippen LogP contribution is 2.37. The highest BCUT2D eigenvalue weighted by molar-refractivity contribution is 5.66. The molecule has 0 fully saturated rings. The van der Waals surface area contributed by atoms with Crippen molar-refractivity contribution in [1.82, 2.24) is 0 Å². The summed E-state index contributed by atoms with van der Waals surface area (Å²) in [6.45, 7) is 2.13. The first kappa shape index (κ1) is 33.2. The molecule has 0 atom stereocenters. The highest BCUT2D eigenvalue weighted by Gasteiger charge is 2.39. The molecule has 0 amide bonds. The van der Waals surface area contributed by atoms with Crippen molar-refractivity contribution < 1.29 is 57.8 Å². The molecule has 0 aliphatic rings. The lowest BCUT2D eigenvalue weighted by Crippen LogP contribution is -2.23. The number of halogens is 11. The van der Waals surface area contributed by atoms with E-state index in [9.17, 15) is 48.3 Å². The minimum absolute atomic E-state index is 0.00239. The van der Waals surface area contributed by atoms with Crippen LogP contribution in [0.25, 0.3) is 11.1 Å². The molecule has 0 bridgehead atoms. The second kappa shape index (κ2) is 13.1. The Bertz CT molecular complexity index is 1740. The average Bonchev–Trinajstić information content (AvgIpc) is 2.91. The van der Waals surface area contributed by atoms with Gasteiger partial charge in [0.05, 0.1) is 12.2 Å². The maximum absolute atomic E-state index is 14.7. The summed E-state index contributed by atoms with van der Waals surface area (Å²) in [6.07, 6.45) is -8.24. The molecule has 4 rings (SSSR count). The van der Waals surface area contributed by atoms with Crippen molar-refractivity contribution in [3.8, 4) is 34.5 Å². The van der Waals surface area contributed by atoms with Gasteiger partial charge in [-0.1, -0.05) is 31.3 Å². The van der Waals surface area contributed by atoms with Gasteiger partial charge in [0.15, 0.2) is 0 Å². The van der Waals surface area contributed by atoms with Crippen LogP contribution in [0, 0.1) is 46.7 Å². The molecule has 0 aliphatic carbocycles. The molecule has 0 N–H and O–H groups in total. The van der Waals surface area contributed by atoms with E-state index in [1.165, 1.54) is 0 Å². The normalized spacial score (nSPS) is 11.6. The van der Waals surface area contributed by atoms with Crippen LogP contribution in [0.2, 0.25) is 0 Å². The molecule has 0 radical (unpaired) electrons. The molecule has 45 heavy (non-hydrogen) atoms. The molecule has 0 heterocycles. The summed E-state index contributed by atoms with van der Waals surface area (Å²) in [5, 5.41) is 0. The molecular formula is C32H19F11O2. The first-order chi connectivity index (χ1) is 21.1. The lowest BCUT2D eigenvalue weighted by Gasteiger charge is -2.19. The van der Waals surface area contributed by atoms with E-state index in [2.05, 4.69) is 16.6 Å². The number of alkyl halides is 5. The van der Waals surface area contributed by atoms with Gasteiger partial charge < -0.3 is 9.47 Å². The van der Waals surface area contributed by atoms with Crippen molar-refractivity contribution in [3.05, 3.63) is 118 Å². The molecule has 4 aromatic rings. The van der Waals surface area contributed by atoms with E-state index in [-0.39, 0.29) is 17.9 Å². The van der Waals surface area contributed by atoms with Gasteiger partial charge in [0.1, 0.15) is 57.5 Å². The molecule has 0 unspecified atom stereocenters. The Hall–Kier alpha value is -4.73. The fraction of sp³-hybridized carbons (Fsp3) is 0.188. The predicted octanol–water partition coefficient (Wildman–Crippen LogP) is 9.91. The Labute approximate surface area is 249 Å². The van der Waals surface area contributed by atoms with Crippen LogP contribution >= 0.6 is 0 Å². The quantitative estimate of drug-likeness (QED) is 0.108. The average molecular weight is 644 g/mol. The molecule has 0 saturated carbocycles. The maximum atomic E-state index is 14.7. The minimum Gasteiger partial charge on any atom is -0.493 e. The van der Waals surface area contributed by atoms with Crippen LogP contribution in [0.1, 0.15) is 42.0 Å². The summed E-state index contributed by atoms with van der Waals surface area (Å²) in [4.78, 5) is 0. The van der Waals surface area contributed by atoms with Crippen molar-refractivity contribution in [3.63, 3.8) is 0 Å². The van der Waals surface area contributed by atoms with Crippen molar-refractivity contribution in [2.24, 2.45) is 0 Å². The maximum Gasteiger partial charge on any atom is 0.429 e. The monoisotopic (exact) mass is 644 g/mol. The van der Waals surface area contributed by atoms with Crippen LogP contribution in [0.4, 0.5) is 48.3 Å². The molecule has 4 aromatic carbocycles. The largest absolute Gasteiger partial charge is 0.493 e. The molecule has 0 spiro atoms. The molecule has 0 aliphatic heterocycles. The van der Waals surface area contributed by atoms with Gasteiger partial charge in [0.25, 0.3) is 0 Å². The Balaban J connectivity index is 1.54. The third-order valence-electron chi connectivity index (χ3n) is 6.22. The smallest absolute Gasteiger partial charge is 0.429 e. The highest BCUT2D eigenvalue weighted by atomic mass is 19.4. The van der Waals surface area contributed by atoms with E-state index < -0.39 is 80.8 Å². The van der Waals surface area contributed by atoms with E-state index in [0.717, 1.165) is 30.7 Å². The number of hydrogen-bond donors (Lipinski definition) is 0. The van der Waals surface area contributed by atoms with Crippen LogP contribution < -0.4 is 9.47 Å². The number of benzene rings is 4. The van der Waals surface area contributed by atoms with Crippen LogP contribution in [-0.4, -0.2) is 6.61 Å². The van der Waals surface area contributed by atoms with Crippen LogP contribution in [0.15, 0.2) is 60.7 Å². The summed E-state index contributed by atoms with van der Waals surface area (Å²) in [7, 11) is 0. The standard InChI is InChI=1S/C32H19F11O2/c1-2-3-10-44-19-6-9-23(27(36)14-19)32(42,43)45-20-15-25(34)22(26(35)16-20)8-5-17-4-7-21(24(33)11-17)18-12-28(37)30(29(38)13-18)31(39,40)41/h4,6-7,9,11-16H,2-3,10H2,1H3. The van der Waals surface area contributed by atoms with Crippen LogP contribution in [-0.2, 0) is 12.3 Å². The minimum atomic E-state index is -5.33. The molecular weight excluding hydrogens is 625 g/mol. The molecule has 13 heteroatoms. The zero-order chi connectivity index (χ0) is 33.1. The summed E-state index contributed by atoms with van der Waals surface area (Å²) in [5.41, 5.74) is -5.57. The fourth-order valence-corrected chi connectivity index (χ4v) is 4.05. The van der Waals surface area contributed by atoms with Gasteiger partial charge in [0, 0.05) is 29.3 Å². The Kier molecular flexibility index (Phi) is 9.65. The van der Waals surface area contributed by atoms with E-state index in [1.54, 1.807) is 0 Å². The zero-order valence-electron chi connectivity index (χ0n) is 22.9. The predicted molar refractivity (Wildman–Crippen MR) is 140 cm³/mol. The Morgan fingerprint density at radius 3 is 1.82 bits per heavy atom. The zero-order valence-corrected chi connectivity index (χ0v) is 22.9. The van der Waals surface area contributed by atoms with Gasteiger partial charge in [-0.2, -0.15) is 22.0 Å². The van der Waals surface area contributed by atoms with E-state index in [0.29, 0.717) is 42.8 Å². The van der Waals surface area contributed by atoms with Crippen LogP contribution in [0.5, 0.6) is 11.5 Å². The van der Waals surface area contributed by atoms with E-state index >= 15 is 0 Å². The van der Waals surface area contributed by atoms with E-state index in [1.807, 2.05) is 6.92 Å². The van der Waals surface area contributed by atoms with E-state index in [4.69, 9.17) is 4.74 Å². The summed E-state index contributed by atoms with van der Waals surface area (Å²) in [6, 6.07) is 6.52. The molecule has 2 nitrogen and oxygen atoms in total. The van der Waals surface area contributed by atoms with Gasteiger partial charge in [-0.05, 0) is 48.4 Å². The third-order valence-corrected chi connectivity index (χ3v) is 6.22. The topological polar surface area (TPSA) is 18.5 Å². The first-order valence-electron chi connectivity index (χ1n) is 13.0. The van der Waals surface area contributed by atoms with Crippen LogP contribution in [0.3, 0.4) is 0 Å². The SMILES string of the molecule is CCCCOc1ccc(C(F)(F)Oc2cc(F)c(C#Cc3ccc(-c4cc(F)c(C(F)(F)F)c(F)c4)c(F)c3)c(F)c2)c(F)c1. The number of hydrogen-bond acceptors (Lipinski definition) is 2. The van der Waals surface area contributed by atoms with Crippen molar-refractivity contribution in [1.29, 1.82) is 0 Å². The molecule has 0 saturated heterocycles. The van der Waals surface area contributed by atoms with Crippen molar-refractivity contribution in [2.75, 3.05) is 6.61 Å². The second-order valence-electron chi connectivity index (χ2n) is 9.48. The third kappa shape index (κ3) is 7.68. The first-order valence-corrected chi connectivity index (χ1v) is 13.0. The lowest BCUT2D eigenvalue weighted by molar-refractivity contribution is -0.187. The fourth-order valence-electron chi connectivity index (χ4n) is 4.05. The number of ether oxygens (including phenoxy) is 2. The number of unbranched alkanes of at least 4 members (excludes halogenated alkanes) is 1. The summed E-state index contributed by atoms with van der Waals surface area (Å²) in [5.74, 6) is -6.14. The van der Waals surface area contributed by atoms with Gasteiger partial charge in [0.2, 0.25) is 0 Å². The lowest BCUT2D eigenvalue weighted by atomic mass is 10.0. The van der Waals surface area contributed by atoms with Gasteiger partial charge >= 0.3 is 12.3 Å². The van der Waals surface area contributed by atoms with Crippen molar-refractivity contribution >= 4 is 0 Å². The summed E-state index contributed by atoms with van der Waals surface area (Å²) >= 11 is 0. The van der Waals surface area contributed by atoms with Gasteiger partial charge in [-0.15, -0.1) is 0 Å². The summed E-state index contributed by atoms with van der Waals surface area (Å²) < 4.78 is 164. The number of rotatable bonds is 8. The van der Waals surface area contributed by atoms with Gasteiger partial charge in [-0.25, -0.2) is 26.3 Å².